The summed E-state index contributed by atoms with van der Waals surface area (Å²) in [6.07, 6.45) is 1.24. The Labute approximate surface area is 103 Å². The summed E-state index contributed by atoms with van der Waals surface area (Å²) in [6, 6.07) is 0. The zero-order chi connectivity index (χ0) is 13.1. The molecule has 5 heteroatoms. The highest BCUT2D eigenvalue weighted by Crippen LogP contribution is 2.12. The topological polar surface area (TPSA) is 49.9 Å². The maximum absolute atomic E-state index is 11.8. The van der Waals surface area contributed by atoms with Crippen LogP contribution in [0.3, 0.4) is 0 Å². The smallest absolute Gasteiger partial charge is 0.410 e. The van der Waals surface area contributed by atoms with Crippen LogP contribution in [0.15, 0.2) is 0 Å². The van der Waals surface area contributed by atoms with E-state index in [-0.39, 0.29) is 12.0 Å². The van der Waals surface area contributed by atoms with Gasteiger partial charge in [-0.25, -0.2) is 4.79 Å². The summed E-state index contributed by atoms with van der Waals surface area (Å²) in [7, 11) is 0. The first-order valence-corrected chi connectivity index (χ1v) is 5.89. The zero-order valence-electron chi connectivity index (χ0n) is 11.0. The fourth-order valence-corrected chi connectivity index (χ4v) is 1.62. The van der Waals surface area contributed by atoms with Crippen LogP contribution in [0.2, 0.25) is 0 Å². The average Bonchev–Trinajstić information content (AvgIpc) is 2.26. The number of carbonyl (C=O) groups is 2. The van der Waals surface area contributed by atoms with E-state index in [0.717, 1.165) is 0 Å². The second-order valence-corrected chi connectivity index (χ2v) is 5.08. The lowest BCUT2D eigenvalue weighted by molar-refractivity contribution is -0.129. The molecule has 1 heterocycles. The third kappa shape index (κ3) is 4.24. The number of piperazine rings is 1. The number of hydrogen-bond donors (Lipinski definition) is 0. The van der Waals surface area contributed by atoms with Crippen molar-refractivity contribution in [1.82, 2.24) is 9.80 Å². The van der Waals surface area contributed by atoms with E-state index < -0.39 is 5.60 Å². The molecule has 1 saturated heterocycles. The van der Waals surface area contributed by atoms with Crippen LogP contribution in [-0.2, 0) is 9.53 Å². The molecule has 0 spiro atoms. The van der Waals surface area contributed by atoms with Crippen LogP contribution in [0.25, 0.3) is 0 Å². The van der Waals surface area contributed by atoms with Gasteiger partial charge in [0.25, 0.3) is 0 Å². The van der Waals surface area contributed by atoms with Crippen LogP contribution in [0, 0.1) is 6.42 Å². The second-order valence-electron chi connectivity index (χ2n) is 5.08. The third-order valence-electron chi connectivity index (χ3n) is 2.49. The SMILES string of the molecule is C[CH]C(=O)N1CCN(C(=O)OC(C)(C)C)CC1. The van der Waals surface area contributed by atoms with Gasteiger partial charge in [0.1, 0.15) is 5.60 Å². The molecule has 0 unspecified atom stereocenters. The van der Waals surface area contributed by atoms with Gasteiger partial charge in [0.05, 0.1) is 0 Å². The first-order chi connectivity index (χ1) is 7.83. The molecule has 0 aromatic heterocycles. The molecule has 1 aliphatic heterocycles. The Morgan fingerprint density at radius 3 is 1.94 bits per heavy atom. The molecule has 1 fully saturated rings. The van der Waals surface area contributed by atoms with Crippen LogP contribution in [0.5, 0.6) is 0 Å². The summed E-state index contributed by atoms with van der Waals surface area (Å²) in [5, 5.41) is 0. The van der Waals surface area contributed by atoms with E-state index in [2.05, 4.69) is 0 Å². The van der Waals surface area contributed by atoms with Crippen LogP contribution in [-0.4, -0.2) is 53.6 Å². The number of nitrogens with zero attached hydrogens (tertiary/aromatic N) is 2. The first kappa shape index (κ1) is 13.8. The largest absolute Gasteiger partial charge is 0.444 e. The van der Waals surface area contributed by atoms with Crippen molar-refractivity contribution in [3.63, 3.8) is 0 Å². The van der Waals surface area contributed by atoms with Crippen molar-refractivity contribution in [2.75, 3.05) is 26.2 Å². The monoisotopic (exact) mass is 241 g/mol. The van der Waals surface area contributed by atoms with Gasteiger partial charge in [-0.05, 0) is 20.8 Å². The highest BCUT2D eigenvalue weighted by atomic mass is 16.6. The van der Waals surface area contributed by atoms with Crippen molar-refractivity contribution in [3.8, 4) is 0 Å². The van der Waals surface area contributed by atoms with Gasteiger partial charge in [-0.15, -0.1) is 0 Å². The molecule has 17 heavy (non-hydrogen) atoms. The molecular weight excluding hydrogens is 220 g/mol. The Bertz CT molecular complexity index is 289. The molecule has 0 N–H and O–H groups in total. The lowest BCUT2D eigenvalue weighted by Gasteiger charge is -2.35. The maximum atomic E-state index is 11.8. The van der Waals surface area contributed by atoms with E-state index in [9.17, 15) is 9.59 Å². The molecule has 0 aromatic carbocycles. The van der Waals surface area contributed by atoms with Crippen molar-refractivity contribution < 1.29 is 14.3 Å². The fourth-order valence-electron chi connectivity index (χ4n) is 1.62. The quantitative estimate of drug-likeness (QED) is 0.695. The van der Waals surface area contributed by atoms with Gasteiger partial charge in [-0.1, -0.05) is 6.92 Å². The summed E-state index contributed by atoms with van der Waals surface area (Å²) >= 11 is 0. The van der Waals surface area contributed by atoms with Crippen LogP contribution >= 0.6 is 0 Å². The van der Waals surface area contributed by atoms with Crippen LogP contribution in [0.4, 0.5) is 4.79 Å². The summed E-state index contributed by atoms with van der Waals surface area (Å²) in [4.78, 5) is 26.5. The zero-order valence-corrected chi connectivity index (χ0v) is 11.0. The summed E-state index contributed by atoms with van der Waals surface area (Å²) in [5.74, 6) is 0.0221. The predicted octanol–water partition coefficient (Wildman–Crippen LogP) is 1.29. The van der Waals surface area contributed by atoms with Gasteiger partial charge in [0.2, 0.25) is 5.91 Å². The van der Waals surface area contributed by atoms with Crippen molar-refractivity contribution in [3.05, 3.63) is 6.42 Å². The van der Waals surface area contributed by atoms with Crippen molar-refractivity contribution in [2.45, 2.75) is 33.3 Å². The minimum atomic E-state index is -0.471. The van der Waals surface area contributed by atoms with Gasteiger partial charge >= 0.3 is 6.09 Å². The molecule has 1 rings (SSSR count). The van der Waals surface area contributed by atoms with E-state index in [4.69, 9.17) is 4.74 Å². The minimum absolute atomic E-state index is 0.0221. The van der Waals surface area contributed by atoms with E-state index in [1.54, 1.807) is 23.1 Å². The molecule has 0 saturated carbocycles. The van der Waals surface area contributed by atoms with Gasteiger partial charge in [0, 0.05) is 32.6 Å². The lowest BCUT2D eigenvalue weighted by Crippen LogP contribution is -2.51. The van der Waals surface area contributed by atoms with Crippen molar-refractivity contribution >= 4 is 12.0 Å². The Morgan fingerprint density at radius 1 is 1.06 bits per heavy atom. The summed E-state index contributed by atoms with van der Waals surface area (Å²) < 4.78 is 5.27. The Balaban J connectivity index is 2.42. The Hall–Kier alpha value is -1.26. The van der Waals surface area contributed by atoms with E-state index in [0.29, 0.717) is 26.2 Å². The minimum Gasteiger partial charge on any atom is -0.444 e. The summed E-state index contributed by atoms with van der Waals surface area (Å²) in [5.41, 5.74) is -0.471. The molecule has 1 radical (unpaired) electrons. The number of ether oxygens (including phenoxy) is 1. The van der Waals surface area contributed by atoms with E-state index in [1.165, 1.54) is 0 Å². The second kappa shape index (κ2) is 5.38. The van der Waals surface area contributed by atoms with E-state index in [1.807, 2.05) is 20.8 Å². The molecule has 2 amide bonds. The molecular formula is C12H21N2O3. The number of amides is 2. The fraction of sp³-hybridized carbons (Fsp3) is 0.750. The van der Waals surface area contributed by atoms with Crippen LogP contribution < -0.4 is 0 Å². The maximum Gasteiger partial charge on any atom is 0.410 e. The van der Waals surface area contributed by atoms with Gasteiger partial charge in [-0.3, -0.25) is 4.79 Å². The predicted molar refractivity (Wildman–Crippen MR) is 64.4 cm³/mol. The molecule has 0 bridgehead atoms. The third-order valence-corrected chi connectivity index (χ3v) is 2.49. The molecule has 0 atom stereocenters. The van der Waals surface area contributed by atoms with Crippen LogP contribution in [0.1, 0.15) is 27.7 Å². The van der Waals surface area contributed by atoms with Crippen molar-refractivity contribution in [2.24, 2.45) is 0 Å². The van der Waals surface area contributed by atoms with Gasteiger partial charge < -0.3 is 14.5 Å². The highest BCUT2D eigenvalue weighted by Gasteiger charge is 2.26. The van der Waals surface area contributed by atoms with E-state index >= 15 is 0 Å². The molecule has 0 aromatic rings. The number of hydrogen-bond acceptors (Lipinski definition) is 3. The standard InChI is InChI=1S/C12H21N2O3/c1-5-10(15)13-6-8-14(9-7-13)11(16)17-12(2,3)4/h5H,6-9H2,1-4H3. The Morgan fingerprint density at radius 2 is 1.53 bits per heavy atom. The molecule has 0 aliphatic carbocycles. The number of rotatable bonds is 1. The normalized spacial score (nSPS) is 16.9. The first-order valence-electron chi connectivity index (χ1n) is 5.89. The average molecular weight is 241 g/mol. The summed E-state index contributed by atoms with van der Waals surface area (Å²) in [6.45, 7) is 9.47. The lowest BCUT2D eigenvalue weighted by atomic mass is 10.2. The Kier molecular flexibility index (Phi) is 4.37. The highest BCUT2D eigenvalue weighted by molar-refractivity contribution is 5.84. The van der Waals surface area contributed by atoms with Gasteiger partial charge in [0.15, 0.2) is 0 Å². The van der Waals surface area contributed by atoms with Crippen molar-refractivity contribution in [1.29, 1.82) is 0 Å². The molecule has 1 aliphatic rings. The molecule has 5 nitrogen and oxygen atoms in total. The van der Waals surface area contributed by atoms with Gasteiger partial charge in [-0.2, -0.15) is 0 Å². The molecule has 97 valence electrons. The number of carbonyl (C=O) groups excluding carboxylic acids is 2.